The zero-order chi connectivity index (χ0) is 30.1. The van der Waals surface area contributed by atoms with Gasteiger partial charge in [0, 0.05) is 17.7 Å². The van der Waals surface area contributed by atoms with Crippen LogP contribution in [0.2, 0.25) is 0 Å². The standard InChI is InChI=1S/C30H20F10O/c1-2-3-4-5-15-6-7-19(20(31)8-15)16-9-21(32)27(22(33)10-16)17-11-23(34)28(24(35)12-17)30(39,40)41-18-13-25(36)29(38)26(37)14-18/h6-14H,2-5H2,1H3. The van der Waals surface area contributed by atoms with E-state index in [1.165, 1.54) is 12.1 Å². The molecule has 0 bridgehead atoms. The third kappa shape index (κ3) is 6.34. The van der Waals surface area contributed by atoms with Crippen molar-refractivity contribution in [1.82, 2.24) is 0 Å². The molecule has 0 amide bonds. The molecule has 4 rings (SSSR count). The number of unbranched alkanes of at least 4 members (excludes halogenated alkanes) is 2. The van der Waals surface area contributed by atoms with E-state index in [4.69, 9.17) is 0 Å². The van der Waals surface area contributed by atoms with Crippen molar-refractivity contribution in [3.63, 3.8) is 0 Å². The maximum atomic E-state index is 15.0. The van der Waals surface area contributed by atoms with E-state index in [0.717, 1.165) is 31.4 Å². The Morgan fingerprint density at radius 1 is 0.610 bits per heavy atom. The molecule has 0 N–H and O–H groups in total. The summed E-state index contributed by atoms with van der Waals surface area (Å²) in [7, 11) is 0. The molecule has 0 saturated carbocycles. The van der Waals surface area contributed by atoms with Gasteiger partial charge in [0.1, 0.15) is 40.4 Å². The fourth-order valence-corrected chi connectivity index (χ4v) is 4.32. The van der Waals surface area contributed by atoms with E-state index in [1.807, 2.05) is 6.92 Å². The van der Waals surface area contributed by atoms with E-state index in [2.05, 4.69) is 4.74 Å². The van der Waals surface area contributed by atoms with Crippen LogP contribution in [0.15, 0.2) is 54.6 Å². The number of rotatable bonds is 9. The topological polar surface area (TPSA) is 9.23 Å². The average molecular weight is 586 g/mol. The van der Waals surface area contributed by atoms with Gasteiger partial charge in [0.2, 0.25) is 0 Å². The first-order valence-corrected chi connectivity index (χ1v) is 12.3. The van der Waals surface area contributed by atoms with E-state index < -0.39 is 75.1 Å². The Labute approximate surface area is 228 Å². The molecule has 1 nitrogen and oxygen atoms in total. The molecular formula is C30H20F10O. The van der Waals surface area contributed by atoms with Crippen molar-refractivity contribution >= 4 is 0 Å². The predicted molar refractivity (Wildman–Crippen MR) is 131 cm³/mol. The van der Waals surface area contributed by atoms with E-state index in [-0.39, 0.29) is 35.4 Å². The maximum Gasteiger partial charge on any atom is 0.432 e. The van der Waals surface area contributed by atoms with Gasteiger partial charge in [-0.25, -0.2) is 35.1 Å². The Hall–Kier alpha value is -4.02. The first-order valence-electron chi connectivity index (χ1n) is 12.3. The number of aryl methyl sites for hydroxylation is 1. The number of hydrogen-bond donors (Lipinski definition) is 0. The summed E-state index contributed by atoms with van der Waals surface area (Å²) in [4.78, 5) is 0. The zero-order valence-corrected chi connectivity index (χ0v) is 21.2. The molecule has 4 aromatic carbocycles. The van der Waals surface area contributed by atoms with Crippen LogP contribution in [0.5, 0.6) is 5.75 Å². The van der Waals surface area contributed by atoms with Crippen molar-refractivity contribution < 1.29 is 48.6 Å². The monoisotopic (exact) mass is 586 g/mol. The van der Waals surface area contributed by atoms with Crippen LogP contribution >= 0.6 is 0 Å². The molecule has 4 aromatic rings. The first-order chi connectivity index (χ1) is 19.3. The fourth-order valence-electron chi connectivity index (χ4n) is 4.32. The molecule has 0 aliphatic rings. The Morgan fingerprint density at radius 2 is 1.17 bits per heavy atom. The molecule has 0 aromatic heterocycles. The fraction of sp³-hybridized carbons (Fsp3) is 0.200. The Morgan fingerprint density at radius 3 is 1.71 bits per heavy atom. The van der Waals surface area contributed by atoms with Crippen LogP contribution in [-0.4, -0.2) is 0 Å². The molecule has 216 valence electrons. The lowest BCUT2D eigenvalue weighted by molar-refractivity contribution is -0.189. The smallest absolute Gasteiger partial charge is 0.429 e. The summed E-state index contributed by atoms with van der Waals surface area (Å²) >= 11 is 0. The largest absolute Gasteiger partial charge is 0.432 e. The minimum atomic E-state index is -4.88. The second-order valence-electron chi connectivity index (χ2n) is 9.22. The van der Waals surface area contributed by atoms with Gasteiger partial charge in [-0.1, -0.05) is 31.9 Å². The van der Waals surface area contributed by atoms with Crippen molar-refractivity contribution in [3.05, 3.63) is 112 Å². The van der Waals surface area contributed by atoms with Crippen LogP contribution in [0.1, 0.15) is 37.3 Å². The van der Waals surface area contributed by atoms with Crippen LogP contribution in [-0.2, 0) is 12.5 Å². The summed E-state index contributed by atoms with van der Waals surface area (Å²) in [6.45, 7) is 2.01. The summed E-state index contributed by atoms with van der Waals surface area (Å²) in [5, 5.41) is 0. The summed E-state index contributed by atoms with van der Waals surface area (Å²) in [6.07, 6.45) is -1.52. The molecule has 0 unspecified atom stereocenters. The van der Waals surface area contributed by atoms with E-state index in [0.29, 0.717) is 12.0 Å². The van der Waals surface area contributed by atoms with Gasteiger partial charge in [-0.3, -0.25) is 0 Å². The number of ether oxygens (including phenoxy) is 1. The zero-order valence-electron chi connectivity index (χ0n) is 21.2. The van der Waals surface area contributed by atoms with Gasteiger partial charge in [-0.2, -0.15) is 8.78 Å². The number of halogens is 10. The first kappa shape index (κ1) is 30.0. The number of hydrogen-bond acceptors (Lipinski definition) is 1. The summed E-state index contributed by atoms with van der Waals surface area (Å²) < 4.78 is 147. The maximum absolute atomic E-state index is 15.0. The minimum Gasteiger partial charge on any atom is -0.429 e. The van der Waals surface area contributed by atoms with Gasteiger partial charge in [0.15, 0.2) is 17.5 Å². The predicted octanol–water partition coefficient (Wildman–Crippen LogP) is 9.99. The minimum absolute atomic E-state index is 0.0334. The van der Waals surface area contributed by atoms with Gasteiger partial charge in [-0.05, 0) is 59.9 Å². The molecule has 0 aliphatic carbocycles. The molecule has 0 heterocycles. The van der Waals surface area contributed by atoms with Gasteiger partial charge >= 0.3 is 6.11 Å². The molecule has 0 spiro atoms. The van der Waals surface area contributed by atoms with Gasteiger partial charge < -0.3 is 4.74 Å². The average Bonchev–Trinajstić information content (AvgIpc) is 2.86. The third-order valence-corrected chi connectivity index (χ3v) is 6.28. The molecule has 0 aliphatic heterocycles. The SMILES string of the molecule is CCCCCc1ccc(-c2cc(F)c(-c3cc(F)c(C(F)(F)Oc4cc(F)c(F)c(F)c4)c(F)c3)c(F)c2)c(F)c1. The van der Waals surface area contributed by atoms with Crippen molar-refractivity contribution in [2.75, 3.05) is 0 Å². The molecule has 41 heavy (non-hydrogen) atoms. The van der Waals surface area contributed by atoms with Crippen LogP contribution in [0.3, 0.4) is 0 Å². The quantitative estimate of drug-likeness (QED) is 0.108. The number of alkyl halides is 2. The normalized spacial score (nSPS) is 11.7. The van der Waals surface area contributed by atoms with Gasteiger partial charge in [0.25, 0.3) is 0 Å². The molecular weight excluding hydrogens is 566 g/mol. The van der Waals surface area contributed by atoms with Gasteiger partial charge in [0.05, 0.1) is 5.56 Å². The lowest BCUT2D eigenvalue weighted by Crippen LogP contribution is -2.25. The highest BCUT2D eigenvalue weighted by Gasteiger charge is 2.42. The van der Waals surface area contributed by atoms with Crippen molar-refractivity contribution in [3.8, 4) is 28.0 Å². The second-order valence-corrected chi connectivity index (χ2v) is 9.22. The molecule has 0 atom stereocenters. The van der Waals surface area contributed by atoms with Crippen molar-refractivity contribution in [2.45, 2.75) is 38.7 Å². The van der Waals surface area contributed by atoms with Crippen LogP contribution in [0.4, 0.5) is 43.9 Å². The highest BCUT2D eigenvalue weighted by molar-refractivity contribution is 5.72. The van der Waals surface area contributed by atoms with Crippen LogP contribution in [0, 0.1) is 46.5 Å². The Kier molecular flexibility index (Phi) is 8.65. The van der Waals surface area contributed by atoms with Crippen molar-refractivity contribution in [1.29, 1.82) is 0 Å². The number of benzene rings is 4. The van der Waals surface area contributed by atoms with Crippen molar-refractivity contribution in [2.24, 2.45) is 0 Å². The van der Waals surface area contributed by atoms with E-state index >= 15 is 8.78 Å². The summed E-state index contributed by atoms with van der Waals surface area (Å²) in [6, 6.07) is 6.13. The summed E-state index contributed by atoms with van der Waals surface area (Å²) in [5.74, 6) is -14.6. The lowest BCUT2D eigenvalue weighted by atomic mass is 9.96. The Bertz CT molecular complexity index is 1530. The molecule has 0 fully saturated rings. The van der Waals surface area contributed by atoms with Gasteiger partial charge in [-0.15, -0.1) is 0 Å². The van der Waals surface area contributed by atoms with Crippen LogP contribution < -0.4 is 4.74 Å². The lowest BCUT2D eigenvalue weighted by Gasteiger charge is -2.20. The molecule has 0 radical (unpaired) electrons. The Balaban J connectivity index is 1.66. The summed E-state index contributed by atoms with van der Waals surface area (Å²) in [5.41, 5.74) is -3.48. The van der Waals surface area contributed by atoms with E-state index in [1.54, 1.807) is 6.07 Å². The van der Waals surface area contributed by atoms with Crippen LogP contribution in [0.25, 0.3) is 22.3 Å². The highest BCUT2D eigenvalue weighted by Crippen LogP contribution is 2.39. The highest BCUT2D eigenvalue weighted by atomic mass is 19.3. The van der Waals surface area contributed by atoms with E-state index in [9.17, 15) is 35.1 Å². The molecule has 0 saturated heterocycles. The molecule has 11 heteroatoms. The third-order valence-electron chi connectivity index (χ3n) is 6.28. The second kappa shape index (κ2) is 11.8.